The van der Waals surface area contributed by atoms with Crippen LogP contribution in [0.15, 0.2) is 58.0 Å². The van der Waals surface area contributed by atoms with Gasteiger partial charge in [-0.3, -0.25) is 9.69 Å². The topological polar surface area (TPSA) is 74.0 Å². The van der Waals surface area contributed by atoms with Gasteiger partial charge in [-0.1, -0.05) is 17.4 Å². The molecule has 7 nitrogen and oxygen atoms in total. The van der Waals surface area contributed by atoms with Gasteiger partial charge in [0.15, 0.2) is 16.6 Å². The number of fused-ring (bicyclic) bond motifs is 1. The predicted octanol–water partition coefficient (Wildman–Crippen LogP) is 6.65. The third-order valence-corrected chi connectivity index (χ3v) is 6.93. The summed E-state index contributed by atoms with van der Waals surface area (Å²) in [5, 5.41) is 0.590. The Kier molecular flexibility index (Phi) is 8.20. The zero-order valence-electron chi connectivity index (χ0n) is 20.2. The summed E-state index contributed by atoms with van der Waals surface area (Å²) in [6.45, 7) is 7.20. The summed E-state index contributed by atoms with van der Waals surface area (Å²) >= 11 is 3.10. The minimum atomic E-state index is -0.240. The summed E-state index contributed by atoms with van der Waals surface area (Å²) < 4.78 is 24.0. The lowest BCUT2D eigenvalue weighted by Crippen LogP contribution is -2.30. The maximum absolute atomic E-state index is 14.0. The van der Waals surface area contributed by atoms with Crippen LogP contribution in [0, 0.1) is 0 Å². The van der Waals surface area contributed by atoms with E-state index < -0.39 is 0 Å². The average molecular weight is 513 g/mol. The molecule has 0 fully saturated rings. The fraction of sp³-hybridized carbons (Fsp3) is 0.308. The van der Waals surface area contributed by atoms with Crippen molar-refractivity contribution in [1.29, 1.82) is 0 Å². The molecule has 1 amide bonds. The van der Waals surface area contributed by atoms with Crippen LogP contribution in [0.5, 0.6) is 17.2 Å². The Hall–Kier alpha value is -3.17. The van der Waals surface area contributed by atoms with E-state index in [0.717, 1.165) is 15.1 Å². The highest BCUT2D eigenvalue weighted by molar-refractivity contribution is 7.98. The highest BCUT2D eigenvalue weighted by Gasteiger charge is 2.26. The van der Waals surface area contributed by atoms with Gasteiger partial charge in [0.05, 0.1) is 42.8 Å². The van der Waals surface area contributed by atoms with Gasteiger partial charge in [0.2, 0.25) is 5.75 Å². The van der Waals surface area contributed by atoms with E-state index in [2.05, 4.69) is 0 Å². The van der Waals surface area contributed by atoms with Crippen molar-refractivity contribution in [2.24, 2.45) is 0 Å². The summed E-state index contributed by atoms with van der Waals surface area (Å²) in [6, 6.07) is 13.1. The third kappa shape index (κ3) is 5.41. The van der Waals surface area contributed by atoms with E-state index in [1.165, 1.54) is 11.3 Å². The van der Waals surface area contributed by atoms with Gasteiger partial charge in [-0.25, -0.2) is 4.98 Å². The average Bonchev–Trinajstić information content (AvgIpc) is 3.53. The zero-order chi connectivity index (χ0) is 24.8. The van der Waals surface area contributed by atoms with E-state index >= 15 is 0 Å². The standard InChI is InChI=1S/C26H28N2O5S2/c1-5-30-19-14-17(15-20(31-6-2)24(19)32-7-3)25(29)28(16-18-10-9-13-33-18)26-27-23-21(34-4)11-8-12-22(23)35-26/h8-15H,5-7,16H2,1-4H3. The van der Waals surface area contributed by atoms with Gasteiger partial charge in [-0.05, 0) is 63.4 Å². The number of thioether (sulfide) groups is 1. The summed E-state index contributed by atoms with van der Waals surface area (Å²) in [5.41, 5.74) is 1.30. The number of hydrogen-bond donors (Lipinski definition) is 0. The Morgan fingerprint density at radius 1 is 1.03 bits per heavy atom. The second-order valence-electron chi connectivity index (χ2n) is 7.37. The highest BCUT2D eigenvalue weighted by atomic mass is 32.2. The fourth-order valence-corrected chi connectivity index (χ4v) is 5.26. The molecule has 9 heteroatoms. The first-order chi connectivity index (χ1) is 17.1. The number of ether oxygens (including phenoxy) is 3. The van der Waals surface area contributed by atoms with Crippen LogP contribution < -0.4 is 19.1 Å². The summed E-state index contributed by atoms with van der Waals surface area (Å²) in [4.78, 5) is 21.5. The van der Waals surface area contributed by atoms with E-state index in [1.807, 2.05) is 51.3 Å². The van der Waals surface area contributed by atoms with Gasteiger partial charge in [-0.2, -0.15) is 0 Å². The molecule has 2 aromatic carbocycles. The number of carbonyl (C=O) groups is 1. The Morgan fingerprint density at radius 3 is 2.34 bits per heavy atom. The lowest BCUT2D eigenvalue weighted by Gasteiger charge is -2.21. The first-order valence-corrected chi connectivity index (χ1v) is 13.5. The largest absolute Gasteiger partial charge is 0.490 e. The molecule has 0 aliphatic heterocycles. The first kappa shape index (κ1) is 24.9. The van der Waals surface area contributed by atoms with Crippen molar-refractivity contribution in [3.05, 3.63) is 60.1 Å². The molecule has 0 radical (unpaired) electrons. The van der Waals surface area contributed by atoms with Crippen LogP contribution >= 0.6 is 23.1 Å². The molecule has 2 aromatic heterocycles. The highest BCUT2D eigenvalue weighted by Crippen LogP contribution is 2.41. The summed E-state index contributed by atoms with van der Waals surface area (Å²) in [5.74, 6) is 1.85. The Labute approximate surface area is 213 Å². The number of benzene rings is 2. The number of amides is 1. The number of para-hydroxylation sites is 1. The summed E-state index contributed by atoms with van der Waals surface area (Å²) in [6.07, 6.45) is 3.61. The van der Waals surface area contributed by atoms with Crippen LogP contribution in [0.3, 0.4) is 0 Å². The molecule has 35 heavy (non-hydrogen) atoms. The monoisotopic (exact) mass is 512 g/mol. The van der Waals surface area contributed by atoms with E-state index in [0.29, 0.717) is 53.5 Å². The molecule has 0 aliphatic rings. The van der Waals surface area contributed by atoms with Crippen LogP contribution in [0.1, 0.15) is 36.9 Å². The minimum Gasteiger partial charge on any atom is -0.490 e. The molecule has 0 aliphatic carbocycles. The molecule has 4 rings (SSSR count). The first-order valence-electron chi connectivity index (χ1n) is 11.4. The van der Waals surface area contributed by atoms with Gasteiger partial charge in [0.1, 0.15) is 5.76 Å². The molecule has 0 saturated carbocycles. The predicted molar refractivity (Wildman–Crippen MR) is 141 cm³/mol. The number of hydrogen-bond acceptors (Lipinski definition) is 8. The maximum Gasteiger partial charge on any atom is 0.260 e. The minimum absolute atomic E-state index is 0.238. The lowest BCUT2D eigenvalue weighted by atomic mass is 10.1. The van der Waals surface area contributed by atoms with E-state index in [4.69, 9.17) is 23.6 Å². The quantitative estimate of drug-likeness (QED) is 0.208. The smallest absolute Gasteiger partial charge is 0.260 e. The van der Waals surface area contributed by atoms with Crippen LogP contribution in [-0.2, 0) is 6.54 Å². The fourth-order valence-electron chi connectivity index (χ4n) is 3.64. The van der Waals surface area contributed by atoms with Crippen molar-refractivity contribution in [2.45, 2.75) is 32.2 Å². The van der Waals surface area contributed by atoms with Crippen LogP contribution in [0.4, 0.5) is 5.13 Å². The number of carbonyl (C=O) groups excluding carboxylic acids is 1. The third-order valence-electron chi connectivity index (χ3n) is 5.12. The van der Waals surface area contributed by atoms with Gasteiger partial charge in [0.25, 0.3) is 5.91 Å². The van der Waals surface area contributed by atoms with Crippen molar-refractivity contribution >= 4 is 44.4 Å². The SMILES string of the molecule is CCOc1cc(C(=O)N(Cc2ccco2)c2nc3c(SC)cccc3s2)cc(OCC)c1OCC. The number of nitrogens with zero attached hydrogens (tertiary/aromatic N) is 2. The van der Waals surface area contributed by atoms with Gasteiger partial charge < -0.3 is 18.6 Å². The molecule has 0 N–H and O–H groups in total. The molecule has 0 spiro atoms. The number of aromatic nitrogens is 1. The second-order valence-corrected chi connectivity index (χ2v) is 9.23. The molecule has 0 atom stereocenters. The molecule has 2 heterocycles. The zero-order valence-corrected chi connectivity index (χ0v) is 21.8. The van der Waals surface area contributed by atoms with E-state index in [1.54, 1.807) is 41.1 Å². The molecular weight excluding hydrogens is 484 g/mol. The van der Waals surface area contributed by atoms with Crippen molar-refractivity contribution in [3.63, 3.8) is 0 Å². The van der Waals surface area contributed by atoms with Crippen molar-refractivity contribution in [1.82, 2.24) is 4.98 Å². The van der Waals surface area contributed by atoms with Crippen LogP contribution in [0.2, 0.25) is 0 Å². The lowest BCUT2D eigenvalue weighted by molar-refractivity contribution is 0.0982. The number of rotatable bonds is 11. The number of furan rings is 1. The maximum atomic E-state index is 14.0. The van der Waals surface area contributed by atoms with Crippen LogP contribution in [-0.4, -0.2) is 37.0 Å². The number of anilines is 1. The van der Waals surface area contributed by atoms with E-state index in [-0.39, 0.29) is 12.5 Å². The van der Waals surface area contributed by atoms with Gasteiger partial charge in [0, 0.05) is 10.5 Å². The van der Waals surface area contributed by atoms with Gasteiger partial charge >= 0.3 is 0 Å². The molecular formula is C26H28N2O5S2. The Bertz CT molecular complexity index is 1260. The number of thiazole rings is 1. The van der Waals surface area contributed by atoms with Crippen molar-refractivity contribution in [2.75, 3.05) is 31.0 Å². The molecule has 0 saturated heterocycles. The van der Waals surface area contributed by atoms with Crippen molar-refractivity contribution < 1.29 is 23.4 Å². The second kappa shape index (κ2) is 11.5. The molecule has 4 aromatic rings. The Morgan fingerprint density at radius 2 is 1.74 bits per heavy atom. The molecule has 184 valence electrons. The summed E-state index contributed by atoms with van der Waals surface area (Å²) in [7, 11) is 0. The van der Waals surface area contributed by atoms with E-state index in [9.17, 15) is 4.79 Å². The Balaban J connectivity index is 1.81. The van der Waals surface area contributed by atoms with Crippen molar-refractivity contribution in [3.8, 4) is 17.2 Å². The molecule has 0 bridgehead atoms. The van der Waals surface area contributed by atoms with Gasteiger partial charge in [-0.15, -0.1) is 11.8 Å². The normalized spacial score (nSPS) is 11.0. The molecule has 0 unspecified atom stereocenters. The van der Waals surface area contributed by atoms with Crippen LogP contribution in [0.25, 0.3) is 10.2 Å².